The molecule has 2 aromatic heterocycles. The van der Waals surface area contributed by atoms with Gasteiger partial charge in [0.05, 0.1) is 10.6 Å². The average Bonchev–Trinajstić information content (AvgIpc) is 3.06. The van der Waals surface area contributed by atoms with E-state index in [4.69, 9.17) is 0 Å². The van der Waals surface area contributed by atoms with Crippen molar-refractivity contribution in [2.24, 2.45) is 0 Å². The number of hydrogen-bond donors (Lipinski definition) is 0. The Hall–Kier alpha value is -2.53. The minimum atomic E-state index is -4.64. The lowest BCUT2D eigenvalue weighted by Crippen LogP contribution is -2.39. The van der Waals surface area contributed by atoms with Crippen LogP contribution in [0.1, 0.15) is 35.8 Å². The molecule has 0 amide bonds. The van der Waals surface area contributed by atoms with Gasteiger partial charge in [0.15, 0.2) is 5.65 Å². The number of nitrogens with zero attached hydrogens (tertiary/aromatic N) is 4. The van der Waals surface area contributed by atoms with Crippen molar-refractivity contribution in [3.05, 3.63) is 59.3 Å². The predicted molar refractivity (Wildman–Crippen MR) is 99.9 cm³/mol. The fourth-order valence-corrected chi connectivity index (χ4v) is 5.25. The molecule has 11 heteroatoms. The first-order chi connectivity index (χ1) is 14.1. The Balaban J connectivity index is 1.71. The van der Waals surface area contributed by atoms with Crippen LogP contribution in [0.3, 0.4) is 0 Å². The van der Waals surface area contributed by atoms with Gasteiger partial charge in [0.25, 0.3) is 0 Å². The van der Waals surface area contributed by atoms with Gasteiger partial charge >= 0.3 is 6.18 Å². The second-order valence-corrected chi connectivity index (χ2v) is 9.22. The summed E-state index contributed by atoms with van der Waals surface area (Å²) in [7, 11) is -3.98. The Morgan fingerprint density at radius 3 is 2.63 bits per heavy atom. The highest BCUT2D eigenvalue weighted by molar-refractivity contribution is 7.89. The molecule has 0 aliphatic carbocycles. The number of halogens is 4. The monoisotopic (exact) mass is 442 g/mol. The van der Waals surface area contributed by atoms with Gasteiger partial charge in [0.2, 0.25) is 10.0 Å². The van der Waals surface area contributed by atoms with Crippen LogP contribution in [0.15, 0.2) is 41.3 Å². The number of benzene rings is 1. The third-order valence-electron chi connectivity index (χ3n) is 5.10. The molecule has 1 fully saturated rings. The lowest BCUT2D eigenvalue weighted by Gasteiger charge is -2.32. The number of rotatable bonds is 3. The summed E-state index contributed by atoms with van der Waals surface area (Å²) < 4.78 is 81.9. The molecule has 0 spiro atoms. The molecule has 0 bridgehead atoms. The maximum absolute atomic E-state index is 13.6. The third kappa shape index (κ3) is 3.79. The molecule has 1 atom stereocenters. The quantitative estimate of drug-likeness (QED) is 0.580. The second-order valence-electron chi connectivity index (χ2n) is 7.28. The van der Waals surface area contributed by atoms with Gasteiger partial charge in [0.1, 0.15) is 11.5 Å². The number of aromatic nitrogens is 3. The Morgan fingerprint density at radius 1 is 1.17 bits per heavy atom. The molecule has 1 aliphatic heterocycles. The SMILES string of the molecule is Cc1cc2nc(C3CCCN(S(=O)(=O)c4cccc(F)c4)C3)cc(C(F)(F)F)n2n1. The summed E-state index contributed by atoms with van der Waals surface area (Å²) in [5.41, 5.74) is -0.346. The average molecular weight is 442 g/mol. The van der Waals surface area contributed by atoms with Crippen LogP contribution in [0.4, 0.5) is 17.6 Å². The molecule has 1 aliphatic rings. The van der Waals surface area contributed by atoms with Gasteiger partial charge in [-0.2, -0.15) is 22.6 Å². The normalized spacial score (nSPS) is 18.8. The molecule has 160 valence electrons. The van der Waals surface area contributed by atoms with Crippen LogP contribution < -0.4 is 0 Å². The topological polar surface area (TPSA) is 67.6 Å². The fraction of sp³-hybridized carbons (Fsp3) is 0.368. The highest BCUT2D eigenvalue weighted by Crippen LogP contribution is 2.34. The first-order valence-electron chi connectivity index (χ1n) is 9.26. The highest BCUT2D eigenvalue weighted by atomic mass is 32.2. The van der Waals surface area contributed by atoms with E-state index in [2.05, 4.69) is 10.1 Å². The van der Waals surface area contributed by atoms with Crippen LogP contribution in [0.2, 0.25) is 0 Å². The number of hydrogen-bond acceptors (Lipinski definition) is 4. The molecule has 0 saturated carbocycles. The van der Waals surface area contributed by atoms with Crippen LogP contribution >= 0.6 is 0 Å². The summed E-state index contributed by atoms with van der Waals surface area (Å²) in [5.74, 6) is -1.20. The minimum Gasteiger partial charge on any atom is -0.233 e. The number of piperidine rings is 1. The maximum atomic E-state index is 13.6. The molecule has 1 unspecified atom stereocenters. The molecule has 3 aromatic rings. The maximum Gasteiger partial charge on any atom is 0.433 e. The van der Waals surface area contributed by atoms with Crippen LogP contribution in [0, 0.1) is 12.7 Å². The molecule has 30 heavy (non-hydrogen) atoms. The molecule has 1 aromatic carbocycles. The summed E-state index contributed by atoms with van der Waals surface area (Å²) in [6, 6.07) is 7.05. The van der Waals surface area contributed by atoms with Crippen LogP contribution in [0.5, 0.6) is 0 Å². The van der Waals surface area contributed by atoms with E-state index in [0.717, 1.165) is 22.7 Å². The van der Waals surface area contributed by atoms with E-state index in [1.54, 1.807) is 6.92 Å². The van der Waals surface area contributed by atoms with Gasteiger partial charge in [0, 0.05) is 30.8 Å². The first kappa shape index (κ1) is 20.7. The van der Waals surface area contributed by atoms with Gasteiger partial charge in [-0.25, -0.2) is 22.3 Å². The first-order valence-corrected chi connectivity index (χ1v) is 10.7. The van der Waals surface area contributed by atoms with Crippen LogP contribution in [0.25, 0.3) is 5.65 Å². The summed E-state index contributed by atoms with van der Waals surface area (Å²) >= 11 is 0. The zero-order valence-electron chi connectivity index (χ0n) is 15.9. The zero-order chi connectivity index (χ0) is 21.7. The lowest BCUT2D eigenvalue weighted by molar-refractivity contribution is -0.142. The summed E-state index contributed by atoms with van der Waals surface area (Å²) in [5, 5.41) is 3.86. The molecule has 4 rings (SSSR count). The van der Waals surface area contributed by atoms with Crippen molar-refractivity contribution in [2.45, 2.75) is 36.8 Å². The van der Waals surface area contributed by atoms with E-state index in [0.29, 0.717) is 18.5 Å². The smallest absolute Gasteiger partial charge is 0.233 e. The van der Waals surface area contributed by atoms with E-state index in [1.165, 1.54) is 22.5 Å². The van der Waals surface area contributed by atoms with E-state index in [1.807, 2.05) is 0 Å². The number of fused-ring (bicyclic) bond motifs is 1. The van der Waals surface area contributed by atoms with Crippen molar-refractivity contribution < 1.29 is 26.0 Å². The number of alkyl halides is 3. The Labute approximate surface area is 170 Å². The number of sulfonamides is 1. The molecule has 6 nitrogen and oxygen atoms in total. The zero-order valence-corrected chi connectivity index (χ0v) is 16.7. The summed E-state index contributed by atoms with van der Waals surface area (Å²) in [6.07, 6.45) is -3.70. The summed E-state index contributed by atoms with van der Waals surface area (Å²) in [6.45, 7) is 1.74. The fourth-order valence-electron chi connectivity index (χ4n) is 3.70. The lowest BCUT2D eigenvalue weighted by atomic mass is 9.95. The molecular formula is C19H18F4N4O2S. The van der Waals surface area contributed by atoms with E-state index in [-0.39, 0.29) is 29.3 Å². The van der Waals surface area contributed by atoms with Crippen molar-refractivity contribution in [3.8, 4) is 0 Å². The van der Waals surface area contributed by atoms with Crippen LogP contribution in [-0.2, 0) is 16.2 Å². The molecular weight excluding hydrogens is 424 g/mol. The Morgan fingerprint density at radius 2 is 1.93 bits per heavy atom. The van der Waals surface area contributed by atoms with E-state index < -0.39 is 33.6 Å². The van der Waals surface area contributed by atoms with E-state index in [9.17, 15) is 26.0 Å². The largest absolute Gasteiger partial charge is 0.433 e. The van der Waals surface area contributed by atoms with Crippen molar-refractivity contribution in [1.29, 1.82) is 0 Å². The molecule has 0 radical (unpaired) electrons. The van der Waals surface area contributed by atoms with E-state index >= 15 is 0 Å². The standard InChI is InChI=1S/C19H18F4N4O2S/c1-12-8-18-24-16(10-17(19(21,22)23)27(18)25-12)13-4-3-7-26(11-13)30(28,29)15-6-2-5-14(20)9-15/h2,5-6,8-10,13H,3-4,7,11H2,1H3. The van der Waals surface area contributed by atoms with Gasteiger partial charge in [-0.15, -0.1) is 0 Å². The van der Waals surface area contributed by atoms with Crippen molar-refractivity contribution in [1.82, 2.24) is 18.9 Å². The predicted octanol–water partition coefficient (Wildman–Crippen LogP) is 3.76. The third-order valence-corrected chi connectivity index (χ3v) is 6.96. The van der Waals surface area contributed by atoms with Crippen LogP contribution in [-0.4, -0.2) is 40.4 Å². The number of aryl methyl sites for hydroxylation is 1. The van der Waals surface area contributed by atoms with Crippen molar-refractivity contribution in [2.75, 3.05) is 13.1 Å². The summed E-state index contributed by atoms with van der Waals surface area (Å²) in [4.78, 5) is 4.13. The van der Waals surface area contributed by atoms with Crippen molar-refractivity contribution >= 4 is 15.7 Å². The van der Waals surface area contributed by atoms with Gasteiger partial charge in [-0.05, 0) is 44.0 Å². The molecule has 1 saturated heterocycles. The second kappa shape index (κ2) is 7.31. The van der Waals surface area contributed by atoms with Gasteiger partial charge in [-0.3, -0.25) is 0 Å². The molecule has 0 N–H and O–H groups in total. The Kier molecular flexibility index (Phi) is 5.05. The highest BCUT2D eigenvalue weighted by Gasteiger charge is 2.37. The van der Waals surface area contributed by atoms with Gasteiger partial charge in [-0.1, -0.05) is 6.07 Å². The van der Waals surface area contributed by atoms with Crippen molar-refractivity contribution in [3.63, 3.8) is 0 Å². The molecule has 3 heterocycles. The van der Waals surface area contributed by atoms with Gasteiger partial charge < -0.3 is 0 Å². The Bertz CT molecular complexity index is 1210. The minimum absolute atomic E-state index is 0.0353.